The first-order valence-electron chi connectivity index (χ1n) is 9.36. The lowest BCUT2D eigenvalue weighted by Gasteiger charge is -2.36. The van der Waals surface area contributed by atoms with Crippen LogP contribution in [0.25, 0.3) is 0 Å². The van der Waals surface area contributed by atoms with E-state index in [1.54, 1.807) is 0 Å². The predicted molar refractivity (Wildman–Crippen MR) is 101 cm³/mol. The van der Waals surface area contributed by atoms with Crippen LogP contribution >= 0.6 is 0 Å². The average molecular weight is 343 g/mol. The van der Waals surface area contributed by atoms with Crippen molar-refractivity contribution in [2.75, 3.05) is 38.1 Å². The monoisotopic (exact) mass is 343 g/mol. The van der Waals surface area contributed by atoms with Crippen molar-refractivity contribution in [3.8, 4) is 5.75 Å². The molecule has 0 saturated carbocycles. The molecule has 2 aliphatic heterocycles. The lowest BCUT2D eigenvalue weighted by molar-refractivity contribution is 0.144. The van der Waals surface area contributed by atoms with E-state index in [4.69, 9.17) is 4.74 Å². The molecule has 0 bridgehead atoms. The highest BCUT2D eigenvalue weighted by Crippen LogP contribution is 2.23. The number of hydrogen-bond acceptors (Lipinski definition) is 3. The largest absolute Gasteiger partial charge is 0.494 e. The Morgan fingerprint density at radius 3 is 2.60 bits per heavy atom. The summed E-state index contributed by atoms with van der Waals surface area (Å²) in [7, 11) is 0. The van der Waals surface area contributed by atoms with Gasteiger partial charge < -0.3 is 15.0 Å². The molecule has 136 valence electrons. The van der Waals surface area contributed by atoms with E-state index in [0.717, 1.165) is 62.4 Å². The molecule has 0 spiro atoms. The summed E-state index contributed by atoms with van der Waals surface area (Å²) in [4.78, 5) is 17.0. The number of likely N-dealkylation sites (tertiary alicyclic amines) is 1. The Balaban J connectivity index is 1.50. The van der Waals surface area contributed by atoms with E-state index in [1.165, 1.54) is 0 Å². The van der Waals surface area contributed by atoms with E-state index < -0.39 is 0 Å². The Kier molecular flexibility index (Phi) is 5.97. The normalized spacial score (nSPS) is 18.6. The quantitative estimate of drug-likeness (QED) is 0.830. The van der Waals surface area contributed by atoms with Gasteiger partial charge in [0.1, 0.15) is 5.75 Å². The highest BCUT2D eigenvalue weighted by Gasteiger charge is 2.27. The summed E-state index contributed by atoms with van der Waals surface area (Å²) in [6.07, 6.45) is 7.56. The van der Waals surface area contributed by atoms with Crippen LogP contribution in [-0.4, -0.2) is 54.7 Å². The lowest BCUT2D eigenvalue weighted by atomic mass is 10.0. The van der Waals surface area contributed by atoms with Crippen molar-refractivity contribution in [1.29, 1.82) is 0 Å². The number of urea groups is 1. The van der Waals surface area contributed by atoms with Gasteiger partial charge in [0, 0.05) is 37.9 Å². The molecule has 2 aliphatic rings. The Hall–Kier alpha value is -2.01. The molecule has 0 atom stereocenters. The van der Waals surface area contributed by atoms with Gasteiger partial charge in [0.05, 0.1) is 6.61 Å². The summed E-state index contributed by atoms with van der Waals surface area (Å²) < 4.78 is 5.64. The minimum atomic E-state index is 0.00308. The van der Waals surface area contributed by atoms with Crippen LogP contribution in [0.5, 0.6) is 5.75 Å². The first-order valence-corrected chi connectivity index (χ1v) is 9.36. The van der Waals surface area contributed by atoms with Gasteiger partial charge in [-0.05, 0) is 49.9 Å². The van der Waals surface area contributed by atoms with E-state index in [-0.39, 0.29) is 6.03 Å². The summed E-state index contributed by atoms with van der Waals surface area (Å²) >= 11 is 0. The van der Waals surface area contributed by atoms with Crippen LogP contribution < -0.4 is 10.1 Å². The number of ether oxygens (including phenoxy) is 1. The van der Waals surface area contributed by atoms with Crippen LogP contribution in [0.4, 0.5) is 10.5 Å². The van der Waals surface area contributed by atoms with Crippen molar-refractivity contribution >= 4 is 11.7 Å². The van der Waals surface area contributed by atoms with Crippen molar-refractivity contribution in [2.45, 2.75) is 39.2 Å². The number of nitrogens with zero attached hydrogens (tertiary/aromatic N) is 2. The maximum absolute atomic E-state index is 12.6. The van der Waals surface area contributed by atoms with Crippen molar-refractivity contribution in [3.05, 3.63) is 35.9 Å². The second-order valence-corrected chi connectivity index (χ2v) is 6.90. The Labute approximate surface area is 150 Å². The maximum Gasteiger partial charge on any atom is 0.321 e. The van der Waals surface area contributed by atoms with Crippen molar-refractivity contribution < 1.29 is 9.53 Å². The molecule has 1 aromatic carbocycles. The summed E-state index contributed by atoms with van der Waals surface area (Å²) in [6, 6.07) is 6.45. The van der Waals surface area contributed by atoms with E-state index in [1.807, 2.05) is 30.0 Å². The fourth-order valence-corrected chi connectivity index (χ4v) is 3.51. The Morgan fingerprint density at radius 2 is 1.96 bits per heavy atom. The molecule has 1 fully saturated rings. The molecule has 0 aliphatic carbocycles. The lowest BCUT2D eigenvalue weighted by Crippen LogP contribution is -2.47. The van der Waals surface area contributed by atoms with E-state index in [0.29, 0.717) is 12.6 Å². The zero-order valence-electron chi connectivity index (χ0n) is 15.3. The topological polar surface area (TPSA) is 44.8 Å². The minimum absolute atomic E-state index is 0.00308. The second-order valence-electron chi connectivity index (χ2n) is 6.90. The molecule has 2 amide bonds. The van der Waals surface area contributed by atoms with Crippen LogP contribution in [0.3, 0.4) is 0 Å². The van der Waals surface area contributed by atoms with Crippen LogP contribution in [0.2, 0.25) is 0 Å². The fraction of sp³-hybridized carbons (Fsp3) is 0.550. The maximum atomic E-state index is 12.6. The Bertz CT molecular complexity index is 613. The highest BCUT2D eigenvalue weighted by atomic mass is 16.5. The number of aryl methyl sites for hydroxylation is 1. The van der Waals surface area contributed by atoms with Gasteiger partial charge in [0.2, 0.25) is 0 Å². The third-order valence-electron chi connectivity index (χ3n) is 5.03. The number of amides is 2. The zero-order chi connectivity index (χ0) is 17.6. The molecule has 5 heteroatoms. The van der Waals surface area contributed by atoms with Gasteiger partial charge in [-0.25, -0.2) is 4.79 Å². The summed E-state index contributed by atoms with van der Waals surface area (Å²) in [5.74, 6) is 0.859. The van der Waals surface area contributed by atoms with Gasteiger partial charge in [-0.1, -0.05) is 19.1 Å². The molecular formula is C20H29N3O2. The summed E-state index contributed by atoms with van der Waals surface area (Å²) in [5, 5.41) is 3.05. The highest BCUT2D eigenvalue weighted by molar-refractivity contribution is 5.90. The number of carbonyl (C=O) groups excluding carboxylic acids is 1. The predicted octanol–water partition coefficient (Wildman–Crippen LogP) is 3.65. The van der Waals surface area contributed by atoms with Crippen LogP contribution in [0, 0.1) is 6.92 Å². The van der Waals surface area contributed by atoms with E-state index in [2.05, 4.69) is 29.3 Å². The summed E-state index contributed by atoms with van der Waals surface area (Å²) in [6.45, 7) is 8.57. The molecule has 5 nitrogen and oxygen atoms in total. The van der Waals surface area contributed by atoms with Crippen LogP contribution in [0.1, 0.15) is 31.7 Å². The van der Waals surface area contributed by atoms with Gasteiger partial charge in [-0.15, -0.1) is 0 Å². The molecular weight excluding hydrogens is 314 g/mol. The van der Waals surface area contributed by atoms with Crippen molar-refractivity contribution in [3.63, 3.8) is 0 Å². The third kappa shape index (κ3) is 4.54. The number of rotatable bonds is 5. The van der Waals surface area contributed by atoms with E-state index in [9.17, 15) is 4.79 Å². The molecule has 0 radical (unpaired) electrons. The fourth-order valence-electron chi connectivity index (χ4n) is 3.51. The van der Waals surface area contributed by atoms with Crippen LogP contribution in [-0.2, 0) is 0 Å². The molecule has 2 heterocycles. The number of hydrogen-bond donors (Lipinski definition) is 1. The van der Waals surface area contributed by atoms with Gasteiger partial charge >= 0.3 is 6.03 Å². The molecule has 25 heavy (non-hydrogen) atoms. The van der Waals surface area contributed by atoms with Crippen LogP contribution in [0.15, 0.2) is 30.4 Å². The molecule has 1 N–H and O–H groups in total. The average Bonchev–Trinajstić information content (AvgIpc) is 3.17. The molecule has 0 aromatic heterocycles. The smallest absolute Gasteiger partial charge is 0.321 e. The SMILES string of the molecule is CCCOc1ccc(NC(=O)N2CCC(N3CC=CC3)CC2)c(C)c1. The van der Waals surface area contributed by atoms with Gasteiger partial charge in [0.25, 0.3) is 0 Å². The number of carbonyl (C=O) groups is 1. The van der Waals surface area contributed by atoms with Gasteiger partial charge in [0.15, 0.2) is 0 Å². The molecule has 3 rings (SSSR count). The standard InChI is InChI=1S/C20H29N3O2/c1-3-14-25-18-6-7-19(16(2)15-18)21-20(24)23-12-8-17(9-13-23)22-10-4-5-11-22/h4-7,15,17H,3,8-14H2,1-2H3,(H,21,24). The van der Waals surface area contributed by atoms with Crippen molar-refractivity contribution in [1.82, 2.24) is 9.80 Å². The first-order chi connectivity index (χ1) is 12.2. The van der Waals surface area contributed by atoms with Gasteiger partial charge in [-0.3, -0.25) is 4.90 Å². The first kappa shape index (κ1) is 17.8. The minimum Gasteiger partial charge on any atom is -0.494 e. The number of piperidine rings is 1. The Morgan fingerprint density at radius 1 is 1.24 bits per heavy atom. The number of anilines is 1. The number of nitrogens with one attached hydrogen (secondary N) is 1. The third-order valence-corrected chi connectivity index (χ3v) is 5.03. The van der Waals surface area contributed by atoms with Gasteiger partial charge in [-0.2, -0.15) is 0 Å². The molecule has 1 saturated heterocycles. The molecule has 0 unspecified atom stereocenters. The van der Waals surface area contributed by atoms with E-state index >= 15 is 0 Å². The molecule has 1 aromatic rings. The number of benzene rings is 1. The zero-order valence-corrected chi connectivity index (χ0v) is 15.3. The van der Waals surface area contributed by atoms with Crippen molar-refractivity contribution in [2.24, 2.45) is 0 Å². The second kappa shape index (κ2) is 8.39. The summed E-state index contributed by atoms with van der Waals surface area (Å²) in [5.41, 5.74) is 1.89.